The summed E-state index contributed by atoms with van der Waals surface area (Å²) >= 11 is 5.15. The molecule has 3 nitrogen and oxygen atoms in total. The van der Waals surface area contributed by atoms with Gasteiger partial charge in [-0.05, 0) is 65.0 Å². The van der Waals surface area contributed by atoms with E-state index in [4.69, 9.17) is 5.11 Å². The van der Waals surface area contributed by atoms with Crippen LogP contribution in [0.15, 0.2) is 40.2 Å². The molecule has 1 aromatic heterocycles. The lowest BCUT2D eigenvalue weighted by Crippen LogP contribution is -2.11. The van der Waals surface area contributed by atoms with Gasteiger partial charge in [0.25, 0.3) is 0 Å². The average Bonchev–Trinajstić information content (AvgIpc) is 2.87. The van der Waals surface area contributed by atoms with Crippen molar-refractivity contribution in [1.82, 2.24) is 0 Å². The quantitative estimate of drug-likeness (QED) is 0.776. The Balaban J connectivity index is 1.73. The van der Waals surface area contributed by atoms with E-state index in [1.165, 1.54) is 4.88 Å². The average molecular weight is 368 g/mol. The fraction of sp³-hybridized carbons (Fsp3) is 0.312. The Morgan fingerprint density at radius 2 is 1.90 bits per heavy atom. The first-order valence-corrected chi connectivity index (χ1v) is 8.52. The molecule has 1 amide bonds. The number of halogens is 1. The van der Waals surface area contributed by atoms with E-state index in [2.05, 4.69) is 27.3 Å². The first-order chi connectivity index (χ1) is 10.2. The second-order valence-corrected chi connectivity index (χ2v) is 7.33. The SMILES string of the molecule is O=C(CCCc1ccc(Br)s1)Nc1ccc(CCO)cc1. The van der Waals surface area contributed by atoms with E-state index >= 15 is 0 Å². The summed E-state index contributed by atoms with van der Waals surface area (Å²) in [6, 6.07) is 11.7. The maximum Gasteiger partial charge on any atom is 0.224 e. The van der Waals surface area contributed by atoms with E-state index in [0.717, 1.165) is 27.9 Å². The standard InChI is InChI=1S/C16H18BrNO2S/c17-15-9-8-14(21-15)2-1-3-16(20)18-13-6-4-12(5-7-13)10-11-19/h4-9,19H,1-3,10-11H2,(H,18,20). The van der Waals surface area contributed by atoms with Gasteiger partial charge in [-0.2, -0.15) is 0 Å². The van der Waals surface area contributed by atoms with E-state index in [0.29, 0.717) is 12.8 Å². The molecule has 0 aliphatic rings. The van der Waals surface area contributed by atoms with Crippen molar-refractivity contribution in [2.75, 3.05) is 11.9 Å². The minimum atomic E-state index is 0.0422. The summed E-state index contributed by atoms with van der Waals surface area (Å²) in [7, 11) is 0. The van der Waals surface area contributed by atoms with Gasteiger partial charge in [0.05, 0.1) is 3.79 Å². The molecule has 2 aromatic rings. The highest BCUT2D eigenvalue weighted by Gasteiger charge is 2.04. The highest BCUT2D eigenvalue weighted by molar-refractivity contribution is 9.11. The number of aryl methyl sites for hydroxylation is 1. The third-order valence-electron chi connectivity index (χ3n) is 3.09. The van der Waals surface area contributed by atoms with E-state index in [-0.39, 0.29) is 12.5 Å². The number of thiophene rings is 1. The maximum atomic E-state index is 11.9. The number of anilines is 1. The van der Waals surface area contributed by atoms with Crippen molar-refractivity contribution in [2.45, 2.75) is 25.7 Å². The highest BCUT2D eigenvalue weighted by atomic mass is 79.9. The normalized spacial score (nSPS) is 10.6. The van der Waals surface area contributed by atoms with Crippen LogP contribution >= 0.6 is 27.3 Å². The molecule has 112 valence electrons. The van der Waals surface area contributed by atoms with Gasteiger partial charge in [0.15, 0.2) is 0 Å². The molecule has 0 unspecified atom stereocenters. The largest absolute Gasteiger partial charge is 0.396 e. The summed E-state index contributed by atoms with van der Waals surface area (Å²) in [6.45, 7) is 0.143. The second-order valence-electron chi connectivity index (χ2n) is 4.78. The first kappa shape index (κ1) is 16.2. The Morgan fingerprint density at radius 1 is 1.14 bits per heavy atom. The monoisotopic (exact) mass is 367 g/mol. The predicted octanol–water partition coefficient (Wildman–Crippen LogP) is 4.01. The zero-order valence-corrected chi connectivity index (χ0v) is 14.0. The molecule has 0 aliphatic carbocycles. The van der Waals surface area contributed by atoms with Crippen molar-refractivity contribution in [3.05, 3.63) is 50.6 Å². The number of hydrogen-bond donors (Lipinski definition) is 2. The molecule has 0 atom stereocenters. The van der Waals surface area contributed by atoms with Gasteiger partial charge in [0.2, 0.25) is 5.91 Å². The lowest BCUT2D eigenvalue weighted by molar-refractivity contribution is -0.116. The van der Waals surface area contributed by atoms with Crippen molar-refractivity contribution < 1.29 is 9.90 Å². The molecular weight excluding hydrogens is 350 g/mol. The van der Waals surface area contributed by atoms with E-state index in [9.17, 15) is 4.79 Å². The number of rotatable bonds is 7. The predicted molar refractivity (Wildman–Crippen MR) is 90.8 cm³/mol. The Morgan fingerprint density at radius 3 is 2.52 bits per heavy atom. The first-order valence-electron chi connectivity index (χ1n) is 6.91. The van der Waals surface area contributed by atoms with Crippen LogP contribution in [-0.4, -0.2) is 17.6 Å². The summed E-state index contributed by atoms with van der Waals surface area (Å²) in [5, 5.41) is 11.8. The number of amides is 1. The summed E-state index contributed by atoms with van der Waals surface area (Å²) in [6.07, 6.45) is 2.94. The molecular formula is C16H18BrNO2S. The minimum absolute atomic E-state index is 0.0422. The van der Waals surface area contributed by atoms with Crippen LogP contribution in [0.25, 0.3) is 0 Å². The van der Waals surface area contributed by atoms with Gasteiger partial charge < -0.3 is 10.4 Å². The number of carbonyl (C=O) groups excluding carboxylic acids is 1. The van der Waals surface area contributed by atoms with Crippen molar-refractivity contribution in [3.8, 4) is 0 Å². The van der Waals surface area contributed by atoms with Gasteiger partial charge in [-0.15, -0.1) is 11.3 Å². The zero-order valence-electron chi connectivity index (χ0n) is 11.6. The summed E-state index contributed by atoms with van der Waals surface area (Å²) in [4.78, 5) is 13.2. The summed E-state index contributed by atoms with van der Waals surface area (Å²) in [5.41, 5.74) is 1.87. The van der Waals surface area contributed by atoms with Gasteiger partial charge in [-0.25, -0.2) is 0 Å². The molecule has 2 rings (SSSR count). The van der Waals surface area contributed by atoms with Crippen LogP contribution in [0.1, 0.15) is 23.3 Å². The molecule has 21 heavy (non-hydrogen) atoms. The molecule has 0 bridgehead atoms. The number of hydrogen-bond acceptors (Lipinski definition) is 3. The minimum Gasteiger partial charge on any atom is -0.396 e. The van der Waals surface area contributed by atoms with Crippen LogP contribution in [0, 0.1) is 0 Å². The smallest absolute Gasteiger partial charge is 0.224 e. The molecule has 1 aromatic carbocycles. The molecule has 5 heteroatoms. The summed E-state index contributed by atoms with van der Waals surface area (Å²) < 4.78 is 1.13. The number of aliphatic hydroxyl groups excluding tert-OH is 1. The van der Waals surface area contributed by atoms with Crippen LogP contribution in [0.2, 0.25) is 0 Å². The van der Waals surface area contributed by atoms with Crippen LogP contribution < -0.4 is 5.32 Å². The Hall–Kier alpha value is -1.17. The van der Waals surface area contributed by atoms with Crippen LogP contribution in [0.5, 0.6) is 0 Å². The highest BCUT2D eigenvalue weighted by Crippen LogP contribution is 2.23. The molecule has 1 heterocycles. The lowest BCUT2D eigenvalue weighted by Gasteiger charge is -2.06. The number of aliphatic hydroxyl groups is 1. The van der Waals surface area contributed by atoms with Crippen molar-refractivity contribution in [2.24, 2.45) is 0 Å². The topological polar surface area (TPSA) is 49.3 Å². The van der Waals surface area contributed by atoms with Crippen LogP contribution in [-0.2, 0) is 17.6 Å². The van der Waals surface area contributed by atoms with Gasteiger partial charge in [0, 0.05) is 23.6 Å². The molecule has 0 saturated carbocycles. The van der Waals surface area contributed by atoms with Gasteiger partial charge in [-0.3, -0.25) is 4.79 Å². The van der Waals surface area contributed by atoms with Gasteiger partial charge >= 0.3 is 0 Å². The van der Waals surface area contributed by atoms with E-state index in [1.807, 2.05) is 30.3 Å². The van der Waals surface area contributed by atoms with E-state index in [1.54, 1.807) is 11.3 Å². The molecule has 0 spiro atoms. The third-order valence-corrected chi connectivity index (χ3v) is 4.78. The summed E-state index contributed by atoms with van der Waals surface area (Å²) in [5.74, 6) is 0.0422. The second kappa shape index (κ2) is 8.32. The molecule has 0 radical (unpaired) electrons. The van der Waals surface area contributed by atoms with Gasteiger partial charge in [-0.1, -0.05) is 12.1 Å². The van der Waals surface area contributed by atoms with Crippen molar-refractivity contribution in [3.63, 3.8) is 0 Å². The van der Waals surface area contributed by atoms with Crippen molar-refractivity contribution >= 4 is 38.9 Å². The van der Waals surface area contributed by atoms with Crippen LogP contribution in [0.3, 0.4) is 0 Å². The molecule has 0 aliphatic heterocycles. The third kappa shape index (κ3) is 5.61. The zero-order chi connectivity index (χ0) is 15.1. The maximum absolute atomic E-state index is 11.9. The van der Waals surface area contributed by atoms with Crippen molar-refractivity contribution in [1.29, 1.82) is 0 Å². The van der Waals surface area contributed by atoms with E-state index < -0.39 is 0 Å². The fourth-order valence-electron chi connectivity index (χ4n) is 2.02. The molecule has 2 N–H and O–H groups in total. The van der Waals surface area contributed by atoms with Gasteiger partial charge in [0.1, 0.15) is 0 Å². The molecule has 0 saturated heterocycles. The number of carbonyl (C=O) groups is 1. The Bertz CT molecular complexity index is 580. The number of nitrogens with one attached hydrogen (secondary N) is 1. The lowest BCUT2D eigenvalue weighted by atomic mass is 10.1. The Kier molecular flexibility index (Phi) is 6.42. The number of benzene rings is 1. The van der Waals surface area contributed by atoms with Crippen LogP contribution in [0.4, 0.5) is 5.69 Å². The molecule has 0 fully saturated rings. The fourth-order valence-corrected chi connectivity index (χ4v) is 3.54. The Labute approximate surface area is 137 Å².